The first-order valence-corrected chi connectivity index (χ1v) is 14.2. The van der Waals surface area contributed by atoms with E-state index < -0.39 is 0 Å². The summed E-state index contributed by atoms with van der Waals surface area (Å²) in [6.45, 7) is 8.11. The van der Waals surface area contributed by atoms with Crippen molar-refractivity contribution in [2.45, 2.75) is 147 Å². The van der Waals surface area contributed by atoms with Crippen LogP contribution in [0.3, 0.4) is 0 Å². The van der Waals surface area contributed by atoms with Crippen molar-refractivity contribution in [2.75, 3.05) is 19.8 Å². The number of likely N-dealkylation sites (tertiary alicyclic amines) is 1. The third-order valence-corrected chi connectivity index (χ3v) is 8.84. The van der Waals surface area contributed by atoms with Gasteiger partial charge in [0.2, 0.25) is 0 Å². The minimum atomic E-state index is 0.409. The molecule has 2 heteroatoms. The van der Waals surface area contributed by atoms with Crippen molar-refractivity contribution >= 4 is 0 Å². The Hall–Kier alpha value is -0.0800. The Morgan fingerprint density at radius 1 is 0.733 bits per heavy atom. The van der Waals surface area contributed by atoms with Crippen molar-refractivity contribution in [1.29, 1.82) is 0 Å². The number of piperidine rings is 1. The van der Waals surface area contributed by atoms with E-state index in [1.54, 1.807) is 0 Å². The highest BCUT2D eigenvalue weighted by Crippen LogP contribution is 2.49. The van der Waals surface area contributed by atoms with E-state index in [9.17, 15) is 0 Å². The van der Waals surface area contributed by atoms with Crippen molar-refractivity contribution < 1.29 is 4.74 Å². The van der Waals surface area contributed by atoms with E-state index in [0.717, 1.165) is 31.1 Å². The zero-order valence-corrected chi connectivity index (χ0v) is 20.6. The molecule has 2 saturated heterocycles. The van der Waals surface area contributed by atoms with Crippen LogP contribution in [-0.4, -0.2) is 36.2 Å². The molecule has 30 heavy (non-hydrogen) atoms. The molecule has 0 aromatic rings. The van der Waals surface area contributed by atoms with Crippen LogP contribution >= 0.6 is 0 Å². The first kappa shape index (κ1) is 24.6. The third-order valence-electron chi connectivity index (χ3n) is 8.84. The van der Waals surface area contributed by atoms with Crippen molar-refractivity contribution in [1.82, 2.24) is 4.90 Å². The molecule has 0 amide bonds. The Labute approximate surface area is 188 Å². The number of nitrogens with zero attached hydrogens (tertiary/aromatic N) is 1. The van der Waals surface area contributed by atoms with Gasteiger partial charge in [-0.15, -0.1) is 0 Å². The van der Waals surface area contributed by atoms with Gasteiger partial charge in [0.05, 0.1) is 18.8 Å². The Morgan fingerprint density at radius 2 is 1.33 bits per heavy atom. The van der Waals surface area contributed by atoms with Gasteiger partial charge >= 0.3 is 0 Å². The van der Waals surface area contributed by atoms with Gasteiger partial charge in [0.1, 0.15) is 0 Å². The molecular weight excluding hydrogens is 366 g/mol. The number of hydrogen-bond donors (Lipinski definition) is 0. The van der Waals surface area contributed by atoms with Crippen molar-refractivity contribution in [2.24, 2.45) is 11.8 Å². The second-order valence-electron chi connectivity index (χ2n) is 11.0. The summed E-state index contributed by atoms with van der Waals surface area (Å²) < 4.78 is 6.01. The summed E-state index contributed by atoms with van der Waals surface area (Å²) in [7, 11) is 0. The average molecular weight is 420 g/mol. The van der Waals surface area contributed by atoms with E-state index in [-0.39, 0.29) is 0 Å². The molecule has 3 fully saturated rings. The van der Waals surface area contributed by atoms with Crippen LogP contribution in [0.25, 0.3) is 0 Å². The maximum Gasteiger partial charge on any atom is 0.0712 e. The fraction of sp³-hybridized carbons (Fsp3) is 1.00. The van der Waals surface area contributed by atoms with Crippen LogP contribution in [0.15, 0.2) is 0 Å². The lowest BCUT2D eigenvalue weighted by Crippen LogP contribution is -2.72. The summed E-state index contributed by atoms with van der Waals surface area (Å²) in [6, 6.07) is 0.820. The highest BCUT2D eigenvalue weighted by molar-refractivity contribution is 5.08. The van der Waals surface area contributed by atoms with Crippen molar-refractivity contribution in [3.05, 3.63) is 0 Å². The van der Waals surface area contributed by atoms with Gasteiger partial charge in [0.25, 0.3) is 0 Å². The number of ether oxygens (including phenoxy) is 1. The van der Waals surface area contributed by atoms with E-state index in [1.807, 2.05) is 0 Å². The fourth-order valence-corrected chi connectivity index (χ4v) is 7.02. The van der Waals surface area contributed by atoms with Crippen LogP contribution in [0.5, 0.6) is 0 Å². The molecule has 1 spiro atoms. The maximum absolute atomic E-state index is 6.01. The lowest BCUT2D eigenvalue weighted by molar-refractivity contribution is -0.213. The molecule has 0 bridgehead atoms. The molecule has 3 unspecified atom stereocenters. The van der Waals surface area contributed by atoms with E-state index in [4.69, 9.17) is 4.74 Å². The summed E-state index contributed by atoms with van der Waals surface area (Å²) in [5, 5.41) is 0. The highest BCUT2D eigenvalue weighted by atomic mass is 16.5. The molecule has 3 aliphatic rings. The average Bonchev–Trinajstić information content (AvgIpc) is 2.85. The van der Waals surface area contributed by atoms with Crippen LogP contribution in [-0.2, 0) is 4.74 Å². The summed E-state index contributed by atoms with van der Waals surface area (Å²) in [4.78, 5) is 3.06. The molecule has 0 radical (unpaired) electrons. The Balaban J connectivity index is 1.66. The molecular formula is C28H53NO. The monoisotopic (exact) mass is 419 g/mol. The standard InChI is InChI=1S/C28H53NO/c1-3-5-7-10-15-19-26(18-14-8-6-4-2)29-22-21-25-17-13-11-9-12-16-20-27(25)28(29)23-30-24-28/h25-27H,3-24H2,1-2H3. The van der Waals surface area contributed by atoms with Crippen LogP contribution in [0, 0.1) is 11.8 Å². The quantitative estimate of drug-likeness (QED) is 0.296. The molecule has 176 valence electrons. The first-order valence-electron chi connectivity index (χ1n) is 14.2. The number of unbranched alkanes of at least 4 members (excludes halogenated alkanes) is 7. The van der Waals surface area contributed by atoms with E-state index in [1.165, 1.54) is 129 Å². The second kappa shape index (κ2) is 13.5. The highest BCUT2D eigenvalue weighted by Gasteiger charge is 2.55. The molecule has 1 saturated carbocycles. The summed E-state index contributed by atoms with van der Waals surface area (Å²) in [5.41, 5.74) is 0.409. The molecule has 2 aliphatic heterocycles. The van der Waals surface area contributed by atoms with Gasteiger partial charge in [-0.05, 0) is 44.1 Å². The van der Waals surface area contributed by atoms with Crippen LogP contribution in [0.2, 0.25) is 0 Å². The normalized spacial score (nSPS) is 28.2. The van der Waals surface area contributed by atoms with E-state index in [0.29, 0.717) is 5.54 Å². The number of fused-ring (bicyclic) bond motifs is 2. The van der Waals surface area contributed by atoms with Crippen molar-refractivity contribution in [3.8, 4) is 0 Å². The predicted octanol–water partition coefficient (Wildman–Crippen LogP) is 8.14. The van der Waals surface area contributed by atoms with Gasteiger partial charge in [0.15, 0.2) is 0 Å². The molecule has 3 atom stereocenters. The smallest absolute Gasteiger partial charge is 0.0712 e. The third kappa shape index (κ3) is 6.47. The van der Waals surface area contributed by atoms with E-state index >= 15 is 0 Å². The lowest BCUT2D eigenvalue weighted by atomic mass is 9.65. The number of rotatable bonds is 12. The zero-order chi connectivity index (χ0) is 21.1. The lowest BCUT2D eigenvalue weighted by Gasteiger charge is -2.61. The van der Waals surface area contributed by atoms with Gasteiger partial charge in [-0.2, -0.15) is 0 Å². The summed E-state index contributed by atoms with van der Waals surface area (Å²) in [5.74, 6) is 1.89. The predicted molar refractivity (Wildman–Crippen MR) is 130 cm³/mol. The summed E-state index contributed by atoms with van der Waals surface area (Å²) >= 11 is 0. The minimum Gasteiger partial charge on any atom is -0.377 e. The molecule has 2 nitrogen and oxygen atoms in total. The first-order chi connectivity index (χ1) is 14.8. The maximum atomic E-state index is 6.01. The van der Waals surface area contributed by atoms with Crippen LogP contribution in [0.1, 0.15) is 136 Å². The Kier molecular flexibility index (Phi) is 11.0. The molecule has 2 heterocycles. The van der Waals surface area contributed by atoms with Gasteiger partial charge in [0, 0.05) is 6.04 Å². The van der Waals surface area contributed by atoms with Crippen LogP contribution < -0.4 is 0 Å². The van der Waals surface area contributed by atoms with Gasteiger partial charge in [-0.25, -0.2) is 0 Å². The van der Waals surface area contributed by atoms with E-state index in [2.05, 4.69) is 18.7 Å². The molecule has 0 N–H and O–H groups in total. The minimum absolute atomic E-state index is 0.409. The summed E-state index contributed by atoms with van der Waals surface area (Å²) in [6.07, 6.45) is 27.5. The Bertz CT molecular complexity index is 446. The SMILES string of the molecule is CCCCCCCC(CCCCCC)N1CCC2CCCCCCCC2C12COC2. The molecule has 1 aliphatic carbocycles. The largest absolute Gasteiger partial charge is 0.377 e. The van der Waals surface area contributed by atoms with Gasteiger partial charge in [-0.3, -0.25) is 4.90 Å². The van der Waals surface area contributed by atoms with Crippen LogP contribution in [0.4, 0.5) is 0 Å². The van der Waals surface area contributed by atoms with Gasteiger partial charge in [-0.1, -0.05) is 110 Å². The number of hydrogen-bond acceptors (Lipinski definition) is 2. The molecule has 0 aromatic heterocycles. The van der Waals surface area contributed by atoms with Crippen molar-refractivity contribution in [3.63, 3.8) is 0 Å². The second-order valence-corrected chi connectivity index (χ2v) is 11.0. The van der Waals surface area contributed by atoms with Gasteiger partial charge < -0.3 is 4.74 Å². The topological polar surface area (TPSA) is 12.5 Å². The Morgan fingerprint density at radius 3 is 1.97 bits per heavy atom. The zero-order valence-electron chi connectivity index (χ0n) is 20.6. The molecule has 0 aromatic carbocycles. The molecule has 3 rings (SSSR count). The fourth-order valence-electron chi connectivity index (χ4n) is 7.02.